The van der Waals surface area contributed by atoms with Crippen molar-refractivity contribution in [2.45, 2.75) is 0 Å². The van der Waals surface area contributed by atoms with Gasteiger partial charge >= 0.3 is 0 Å². The van der Waals surface area contributed by atoms with Crippen LogP contribution in [0, 0.1) is 0 Å². The summed E-state index contributed by atoms with van der Waals surface area (Å²) >= 11 is 7.40. The second-order valence-electron chi connectivity index (χ2n) is 2.28. The van der Waals surface area contributed by atoms with Crippen molar-refractivity contribution in [2.75, 3.05) is 0 Å². The van der Waals surface area contributed by atoms with Crippen molar-refractivity contribution in [1.82, 2.24) is 9.59 Å². The zero-order valence-electron chi connectivity index (χ0n) is 5.95. The summed E-state index contributed by atoms with van der Waals surface area (Å²) in [5.74, 6) is -0.433. The van der Waals surface area contributed by atoms with E-state index in [-0.39, 0.29) is 11.5 Å². The normalized spacial score (nSPS) is 10.9. The molecule has 0 bridgehead atoms. The lowest BCUT2D eigenvalue weighted by molar-refractivity contribution is 0.400. The lowest BCUT2D eigenvalue weighted by atomic mass is 10.3. The molecule has 1 aromatic carbocycles. The van der Waals surface area contributed by atoms with Gasteiger partial charge in [0.2, 0.25) is 0 Å². The number of phenols is 2. The van der Waals surface area contributed by atoms with Crippen LogP contribution in [0.2, 0.25) is 0 Å². The number of rotatable bonds is 0. The predicted octanol–water partition coefficient (Wildman–Crippen LogP) is 2.63. The van der Waals surface area contributed by atoms with E-state index in [9.17, 15) is 10.2 Å². The number of nitrogens with zero attached hydrogens (tertiary/aromatic N) is 2. The number of aromatic nitrogens is 2. The fraction of sp³-hybridized carbons (Fsp3) is 0. The van der Waals surface area contributed by atoms with Crippen molar-refractivity contribution in [3.05, 3.63) is 8.95 Å². The molecule has 7 heteroatoms. The van der Waals surface area contributed by atoms with Crippen LogP contribution >= 0.6 is 43.4 Å². The smallest absolute Gasteiger partial charge is 0.175 e. The average molecular weight is 326 g/mol. The van der Waals surface area contributed by atoms with Gasteiger partial charge in [-0.1, -0.05) is 4.49 Å². The molecule has 0 aliphatic heterocycles. The van der Waals surface area contributed by atoms with Gasteiger partial charge in [-0.15, -0.1) is 5.10 Å². The molecule has 0 amide bonds. The summed E-state index contributed by atoms with van der Waals surface area (Å²) in [6.07, 6.45) is 0. The van der Waals surface area contributed by atoms with Crippen molar-refractivity contribution in [3.63, 3.8) is 0 Å². The summed E-state index contributed by atoms with van der Waals surface area (Å²) in [7, 11) is 0. The zero-order chi connectivity index (χ0) is 9.59. The third kappa shape index (κ3) is 1.22. The number of fused-ring (bicyclic) bond motifs is 1. The highest BCUT2D eigenvalue weighted by atomic mass is 79.9. The fourth-order valence-corrected chi connectivity index (χ4v) is 2.71. The Morgan fingerprint density at radius 1 is 1.08 bits per heavy atom. The largest absolute Gasteiger partial charge is 0.503 e. The van der Waals surface area contributed by atoms with E-state index in [4.69, 9.17) is 0 Å². The van der Waals surface area contributed by atoms with Crippen LogP contribution < -0.4 is 0 Å². The molecular formula is C6H2Br2N2O2S. The van der Waals surface area contributed by atoms with Gasteiger partial charge in [0.05, 0.1) is 13.6 Å². The van der Waals surface area contributed by atoms with Crippen molar-refractivity contribution >= 4 is 53.6 Å². The summed E-state index contributed by atoms with van der Waals surface area (Å²) in [5, 5.41) is 22.6. The van der Waals surface area contributed by atoms with E-state index in [1.165, 1.54) is 0 Å². The Labute approximate surface area is 93.6 Å². The summed E-state index contributed by atoms with van der Waals surface area (Å²) in [6.45, 7) is 0. The summed E-state index contributed by atoms with van der Waals surface area (Å²) in [6, 6.07) is 0. The van der Waals surface area contributed by atoms with E-state index in [0.29, 0.717) is 19.2 Å². The van der Waals surface area contributed by atoms with Gasteiger partial charge in [-0.05, 0) is 43.4 Å². The van der Waals surface area contributed by atoms with E-state index in [1.54, 1.807) is 0 Å². The van der Waals surface area contributed by atoms with E-state index >= 15 is 0 Å². The van der Waals surface area contributed by atoms with Gasteiger partial charge in [0.1, 0.15) is 5.52 Å². The number of phenolic OH excluding ortho intramolecular Hbond substituents is 2. The number of hydrogen-bond donors (Lipinski definition) is 2. The van der Waals surface area contributed by atoms with Crippen LogP contribution in [0.1, 0.15) is 0 Å². The topological polar surface area (TPSA) is 66.2 Å². The van der Waals surface area contributed by atoms with Gasteiger partial charge in [-0.2, -0.15) is 0 Å². The molecule has 68 valence electrons. The molecule has 0 saturated heterocycles. The fourth-order valence-electron chi connectivity index (χ4n) is 0.906. The summed E-state index contributed by atoms with van der Waals surface area (Å²) < 4.78 is 5.18. The molecule has 0 atom stereocenters. The second-order valence-corrected chi connectivity index (χ2v) is 4.62. The molecule has 2 aromatic rings. The van der Waals surface area contributed by atoms with Gasteiger partial charge in [0.25, 0.3) is 0 Å². The third-order valence-corrected chi connectivity index (χ3v) is 4.06. The van der Waals surface area contributed by atoms with Crippen LogP contribution in [-0.2, 0) is 0 Å². The Hall–Kier alpha value is -0.400. The Morgan fingerprint density at radius 3 is 2.38 bits per heavy atom. The standard InChI is InChI=1S/C6H2Br2N2O2S/c7-1-3-6(13-10-9-3)2(8)5(12)4(1)11/h11-12H. The van der Waals surface area contributed by atoms with Gasteiger partial charge in [0.15, 0.2) is 11.5 Å². The summed E-state index contributed by atoms with van der Waals surface area (Å²) in [5.41, 5.74) is 0.534. The van der Waals surface area contributed by atoms with E-state index in [1.807, 2.05) is 0 Å². The molecular weight excluding hydrogens is 324 g/mol. The number of hydrogen-bond acceptors (Lipinski definition) is 5. The molecule has 0 unspecified atom stereocenters. The molecule has 1 aromatic heterocycles. The first-order valence-corrected chi connectivity index (χ1v) is 5.49. The van der Waals surface area contributed by atoms with Gasteiger partial charge in [-0.3, -0.25) is 0 Å². The molecule has 0 fully saturated rings. The molecule has 4 nitrogen and oxygen atoms in total. The molecule has 0 aliphatic carbocycles. The first-order chi connectivity index (χ1) is 6.13. The van der Waals surface area contributed by atoms with Crippen LogP contribution in [0.15, 0.2) is 8.95 Å². The van der Waals surface area contributed by atoms with Crippen LogP contribution in [0.4, 0.5) is 0 Å². The minimum Gasteiger partial charge on any atom is -0.503 e. The Morgan fingerprint density at radius 2 is 1.69 bits per heavy atom. The van der Waals surface area contributed by atoms with Crippen LogP contribution in [-0.4, -0.2) is 19.8 Å². The average Bonchev–Trinajstić information content (AvgIpc) is 2.59. The lowest BCUT2D eigenvalue weighted by Crippen LogP contribution is -1.77. The molecule has 0 radical (unpaired) electrons. The zero-order valence-corrected chi connectivity index (χ0v) is 9.94. The quantitative estimate of drug-likeness (QED) is 0.731. The second kappa shape index (κ2) is 3.07. The van der Waals surface area contributed by atoms with Crippen molar-refractivity contribution < 1.29 is 10.2 Å². The van der Waals surface area contributed by atoms with Crippen LogP contribution in [0.5, 0.6) is 11.5 Å². The van der Waals surface area contributed by atoms with Gasteiger partial charge in [-0.25, -0.2) is 0 Å². The van der Waals surface area contributed by atoms with Crippen molar-refractivity contribution in [1.29, 1.82) is 0 Å². The highest BCUT2D eigenvalue weighted by Gasteiger charge is 2.18. The van der Waals surface area contributed by atoms with Crippen molar-refractivity contribution in [2.24, 2.45) is 0 Å². The first kappa shape index (κ1) is 9.17. The molecule has 0 spiro atoms. The van der Waals surface area contributed by atoms with E-state index in [2.05, 4.69) is 41.4 Å². The van der Waals surface area contributed by atoms with E-state index < -0.39 is 0 Å². The Bertz CT molecular complexity index is 443. The number of benzene rings is 1. The minimum absolute atomic E-state index is 0.203. The molecule has 13 heavy (non-hydrogen) atoms. The SMILES string of the molecule is Oc1c(O)c(Br)c2snnc2c1Br. The van der Waals surface area contributed by atoms with Crippen molar-refractivity contribution in [3.8, 4) is 11.5 Å². The maximum Gasteiger partial charge on any atom is 0.175 e. The molecule has 2 rings (SSSR count). The monoisotopic (exact) mass is 324 g/mol. The van der Waals surface area contributed by atoms with E-state index in [0.717, 1.165) is 11.5 Å². The third-order valence-electron chi connectivity index (χ3n) is 1.54. The maximum atomic E-state index is 9.43. The molecule has 2 N–H and O–H groups in total. The highest BCUT2D eigenvalue weighted by Crippen LogP contribution is 2.46. The lowest BCUT2D eigenvalue weighted by Gasteiger charge is -2.02. The first-order valence-electron chi connectivity index (χ1n) is 3.14. The Kier molecular flexibility index (Phi) is 2.17. The Balaban J connectivity index is 3.02. The highest BCUT2D eigenvalue weighted by molar-refractivity contribution is 9.11. The molecule has 1 heterocycles. The maximum absolute atomic E-state index is 9.43. The van der Waals surface area contributed by atoms with Crippen LogP contribution in [0.25, 0.3) is 10.2 Å². The van der Waals surface area contributed by atoms with Gasteiger partial charge < -0.3 is 10.2 Å². The van der Waals surface area contributed by atoms with Gasteiger partial charge in [0, 0.05) is 0 Å². The number of halogens is 2. The minimum atomic E-state index is -0.230. The molecule has 0 aliphatic rings. The van der Waals surface area contributed by atoms with Crippen LogP contribution in [0.3, 0.4) is 0 Å². The predicted molar refractivity (Wildman–Crippen MR) is 56.1 cm³/mol. The number of aromatic hydroxyl groups is 2. The molecule has 0 saturated carbocycles. The summed E-state index contributed by atoms with van der Waals surface area (Å²) in [4.78, 5) is 0.